The Labute approximate surface area is 136 Å². The highest BCUT2D eigenvalue weighted by molar-refractivity contribution is 6.34. The number of nitrogens with zero attached hydrogens (tertiary/aromatic N) is 1. The van der Waals surface area contributed by atoms with Gasteiger partial charge in [0.1, 0.15) is 0 Å². The number of hydrogen-bond donors (Lipinski definition) is 1. The molecule has 0 radical (unpaired) electrons. The first-order valence-electron chi connectivity index (χ1n) is 6.91. The van der Waals surface area contributed by atoms with Gasteiger partial charge in [0.15, 0.2) is 0 Å². The van der Waals surface area contributed by atoms with Crippen LogP contribution < -0.4 is 5.32 Å². The highest BCUT2D eigenvalue weighted by Gasteiger charge is 2.19. The molecule has 0 aliphatic carbocycles. The van der Waals surface area contributed by atoms with Gasteiger partial charge >= 0.3 is 0 Å². The molecule has 0 spiro atoms. The van der Waals surface area contributed by atoms with Gasteiger partial charge in [0.05, 0.1) is 21.8 Å². The molecule has 1 N–H and O–H groups in total. The fraction of sp³-hybridized carbons (Fsp3) is 0.353. The summed E-state index contributed by atoms with van der Waals surface area (Å²) in [4.78, 5) is 4.37. The molecule has 2 rings (SSSR count). The van der Waals surface area contributed by atoms with Crippen LogP contribution >= 0.6 is 23.2 Å². The third-order valence-corrected chi connectivity index (χ3v) is 4.02. The van der Waals surface area contributed by atoms with Gasteiger partial charge in [0, 0.05) is 6.20 Å². The third kappa shape index (κ3) is 3.76. The normalized spacial score (nSPS) is 13.2. The van der Waals surface area contributed by atoms with E-state index in [0.717, 1.165) is 11.3 Å². The second kappa shape index (κ2) is 6.35. The molecule has 0 saturated heterocycles. The van der Waals surface area contributed by atoms with Gasteiger partial charge in [-0.1, -0.05) is 68.2 Å². The van der Waals surface area contributed by atoms with Crippen molar-refractivity contribution in [2.75, 3.05) is 7.05 Å². The zero-order valence-electron chi connectivity index (χ0n) is 12.7. The monoisotopic (exact) mass is 322 g/mol. The summed E-state index contributed by atoms with van der Waals surface area (Å²) in [5.41, 5.74) is 3.36. The highest BCUT2D eigenvalue weighted by Crippen LogP contribution is 2.30. The Balaban J connectivity index is 2.37. The summed E-state index contributed by atoms with van der Waals surface area (Å²) in [6, 6.07) is 10.2. The van der Waals surface area contributed by atoms with Crippen LogP contribution in [0.25, 0.3) is 0 Å². The number of halogens is 2. The van der Waals surface area contributed by atoms with Gasteiger partial charge in [-0.05, 0) is 29.7 Å². The lowest BCUT2D eigenvalue weighted by atomic mass is 9.86. The Bertz CT molecular complexity index is 616. The predicted molar refractivity (Wildman–Crippen MR) is 90.3 cm³/mol. The van der Waals surface area contributed by atoms with E-state index >= 15 is 0 Å². The van der Waals surface area contributed by atoms with Gasteiger partial charge < -0.3 is 5.32 Å². The van der Waals surface area contributed by atoms with Crippen LogP contribution in [0.1, 0.15) is 43.6 Å². The molecule has 0 fully saturated rings. The Morgan fingerprint density at radius 2 is 1.71 bits per heavy atom. The number of aromatic nitrogens is 1. The molecular weight excluding hydrogens is 303 g/mol. The van der Waals surface area contributed by atoms with Crippen LogP contribution in [-0.2, 0) is 5.41 Å². The van der Waals surface area contributed by atoms with E-state index in [0.29, 0.717) is 10.0 Å². The molecule has 0 aliphatic rings. The summed E-state index contributed by atoms with van der Waals surface area (Å²) < 4.78 is 0. The Morgan fingerprint density at radius 1 is 1.10 bits per heavy atom. The molecule has 0 amide bonds. The number of hydrogen-bond acceptors (Lipinski definition) is 2. The van der Waals surface area contributed by atoms with Crippen molar-refractivity contribution in [1.82, 2.24) is 10.3 Å². The molecule has 1 aromatic heterocycles. The van der Waals surface area contributed by atoms with Crippen LogP contribution in [0.3, 0.4) is 0 Å². The fourth-order valence-electron chi connectivity index (χ4n) is 2.27. The van der Waals surface area contributed by atoms with Gasteiger partial charge in [-0.25, -0.2) is 0 Å². The van der Waals surface area contributed by atoms with Crippen molar-refractivity contribution in [3.8, 4) is 0 Å². The van der Waals surface area contributed by atoms with E-state index in [9.17, 15) is 0 Å². The quantitative estimate of drug-likeness (QED) is 0.860. The molecule has 112 valence electrons. The van der Waals surface area contributed by atoms with E-state index in [2.05, 4.69) is 55.3 Å². The Morgan fingerprint density at radius 3 is 2.19 bits per heavy atom. The summed E-state index contributed by atoms with van der Waals surface area (Å²) in [6.45, 7) is 6.61. The second-order valence-corrected chi connectivity index (χ2v) is 6.96. The molecule has 1 heterocycles. The van der Waals surface area contributed by atoms with Gasteiger partial charge in [0.25, 0.3) is 0 Å². The van der Waals surface area contributed by atoms with Crippen molar-refractivity contribution < 1.29 is 0 Å². The molecule has 0 aliphatic heterocycles. The number of pyridine rings is 1. The van der Waals surface area contributed by atoms with E-state index in [-0.39, 0.29) is 11.5 Å². The lowest BCUT2D eigenvalue weighted by molar-refractivity contribution is 0.588. The standard InChI is InChI=1S/C17H20Cl2N2/c1-17(2,3)12-7-5-11(6-8-12)15(20-4)16-14(19)9-13(18)10-21-16/h5-10,15,20H,1-4H3. The highest BCUT2D eigenvalue weighted by atomic mass is 35.5. The first-order valence-corrected chi connectivity index (χ1v) is 7.67. The van der Waals surface area contributed by atoms with Crippen LogP contribution in [0, 0.1) is 0 Å². The molecule has 1 aromatic carbocycles. The van der Waals surface area contributed by atoms with E-state index in [4.69, 9.17) is 23.2 Å². The number of benzene rings is 1. The third-order valence-electron chi connectivity index (χ3n) is 3.51. The summed E-state index contributed by atoms with van der Waals surface area (Å²) in [6.07, 6.45) is 1.62. The maximum absolute atomic E-state index is 6.27. The van der Waals surface area contributed by atoms with Crippen molar-refractivity contribution in [2.45, 2.75) is 32.2 Å². The summed E-state index contributed by atoms with van der Waals surface area (Å²) in [5.74, 6) is 0. The van der Waals surface area contributed by atoms with Crippen LogP contribution in [0.15, 0.2) is 36.5 Å². The van der Waals surface area contributed by atoms with Gasteiger partial charge in [-0.15, -0.1) is 0 Å². The first-order chi connectivity index (χ1) is 9.82. The Kier molecular flexibility index (Phi) is 4.92. The number of nitrogens with one attached hydrogen (secondary N) is 1. The molecule has 2 aromatic rings. The molecular formula is C17H20Cl2N2. The predicted octanol–water partition coefficient (Wildman–Crippen LogP) is 4.99. The van der Waals surface area contributed by atoms with Crippen molar-refractivity contribution in [3.05, 3.63) is 63.4 Å². The molecule has 4 heteroatoms. The molecule has 1 unspecified atom stereocenters. The smallest absolute Gasteiger partial charge is 0.0805 e. The second-order valence-electron chi connectivity index (χ2n) is 6.11. The largest absolute Gasteiger partial charge is 0.308 e. The lowest BCUT2D eigenvalue weighted by Gasteiger charge is -2.22. The minimum absolute atomic E-state index is 0.0521. The van der Waals surface area contributed by atoms with Crippen molar-refractivity contribution >= 4 is 23.2 Å². The van der Waals surface area contributed by atoms with E-state index < -0.39 is 0 Å². The zero-order chi connectivity index (χ0) is 15.6. The fourth-order valence-corrected chi connectivity index (χ4v) is 2.76. The van der Waals surface area contributed by atoms with Gasteiger partial charge in [-0.2, -0.15) is 0 Å². The lowest BCUT2D eigenvalue weighted by Crippen LogP contribution is -2.20. The zero-order valence-corrected chi connectivity index (χ0v) is 14.3. The summed E-state index contributed by atoms with van der Waals surface area (Å²) in [5, 5.41) is 4.38. The average molecular weight is 323 g/mol. The van der Waals surface area contributed by atoms with Gasteiger partial charge in [-0.3, -0.25) is 4.98 Å². The molecule has 2 nitrogen and oxygen atoms in total. The van der Waals surface area contributed by atoms with Crippen LogP contribution in [0.5, 0.6) is 0 Å². The van der Waals surface area contributed by atoms with Crippen LogP contribution in [-0.4, -0.2) is 12.0 Å². The van der Waals surface area contributed by atoms with Crippen molar-refractivity contribution in [2.24, 2.45) is 0 Å². The minimum atomic E-state index is -0.0521. The number of rotatable bonds is 3. The van der Waals surface area contributed by atoms with E-state index in [1.165, 1.54) is 5.56 Å². The summed E-state index contributed by atoms with van der Waals surface area (Å²) in [7, 11) is 1.90. The van der Waals surface area contributed by atoms with E-state index in [1.807, 2.05) is 7.05 Å². The van der Waals surface area contributed by atoms with Crippen molar-refractivity contribution in [3.63, 3.8) is 0 Å². The maximum atomic E-state index is 6.27. The molecule has 1 atom stereocenters. The van der Waals surface area contributed by atoms with Crippen LogP contribution in [0.2, 0.25) is 10.0 Å². The SMILES string of the molecule is CNC(c1ccc(C(C)(C)C)cc1)c1ncc(Cl)cc1Cl. The van der Waals surface area contributed by atoms with Crippen LogP contribution in [0.4, 0.5) is 0 Å². The molecule has 0 saturated carbocycles. The van der Waals surface area contributed by atoms with Crippen molar-refractivity contribution in [1.29, 1.82) is 0 Å². The minimum Gasteiger partial charge on any atom is -0.308 e. The Hall–Kier alpha value is -1.09. The first kappa shape index (κ1) is 16.3. The molecule has 0 bridgehead atoms. The maximum Gasteiger partial charge on any atom is 0.0805 e. The molecule has 21 heavy (non-hydrogen) atoms. The van der Waals surface area contributed by atoms with Gasteiger partial charge in [0.2, 0.25) is 0 Å². The van der Waals surface area contributed by atoms with E-state index in [1.54, 1.807) is 12.3 Å². The summed E-state index contributed by atoms with van der Waals surface area (Å²) >= 11 is 12.2. The topological polar surface area (TPSA) is 24.9 Å². The average Bonchev–Trinajstić information content (AvgIpc) is 2.41.